The van der Waals surface area contributed by atoms with E-state index in [-0.39, 0.29) is 11.7 Å². The molecule has 1 N–H and O–H groups in total. The van der Waals surface area contributed by atoms with Gasteiger partial charge in [-0.05, 0) is 36.4 Å². The summed E-state index contributed by atoms with van der Waals surface area (Å²) in [6.45, 7) is 0. The molecular formula is C20H14N2O3. The molecule has 0 saturated carbocycles. The number of nitrogens with one attached hydrogen (secondary N) is 1. The van der Waals surface area contributed by atoms with Crippen LogP contribution in [0.4, 0.5) is 5.69 Å². The molecule has 1 heterocycles. The van der Waals surface area contributed by atoms with Crippen LogP contribution < -0.4 is 5.32 Å². The second kappa shape index (κ2) is 6.20. The van der Waals surface area contributed by atoms with Crippen LogP contribution in [0.2, 0.25) is 0 Å². The number of anilines is 1. The minimum atomic E-state index is -0.794. The average molecular weight is 330 g/mol. The van der Waals surface area contributed by atoms with Crippen molar-refractivity contribution in [1.29, 1.82) is 0 Å². The van der Waals surface area contributed by atoms with Crippen LogP contribution in [0.3, 0.4) is 0 Å². The van der Waals surface area contributed by atoms with Crippen molar-refractivity contribution in [3.05, 3.63) is 72.8 Å². The predicted molar refractivity (Wildman–Crippen MR) is 94.9 cm³/mol. The monoisotopic (exact) mass is 330 g/mol. The summed E-state index contributed by atoms with van der Waals surface area (Å²) in [4.78, 5) is 28.5. The van der Waals surface area contributed by atoms with E-state index >= 15 is 0 Å². The van der Waals surface area contributed by atoms with Gasteiger partial charge in [0, 0.05) is 11.3 Å². The van der Waals surface area contributed by atoms with Gasteiger partial charge >= 0.3 is 0 Å². The Labute approximate surface area is 143 Å². The molecule has 0 bridgehead atoms. The zero-order valence-corrected chi connectivity index (χ0v) is 13.2. The maximum absolute atomic E-state index is 12.3. The summed E-state index contributed by atoms with van der Waals surface area (Å²) in [5.74, 6) is -0.863. The maximum atomic E-state index is 12.3. The Morgan fingerprint density at radius 3 is 2.72 bits per heavy atom. The molecule has 1 aliphatic carbocycles. The minimum Gasteiger partial charge on any atom is -0.436 e. The summed E-state index contributed by atoms with van der Waals surface area (Å²) in [6.07, 6.45) is 6.30. The van der Waals surface area contributed by atoms with Crippen LogP contribution in [0.25, 0.3) is 22.6 Å². The standard InChI is InChI=1S/C20H14N2O3/c23-17-9-5-4-8-15(17)19(24)21-14-10-11-18-16(12-14)22-20(25-18)13-6-2-1-3-7-13/h1-12,15H,(H,21,24). The number of hydrogen-bond acceptors (Lipinski definition) is 4. The maximum Gasteiger partial charge on any atom is 0.239 e. The lowest BCUT2D eigenvalue weighted by atomic mass is 9.98. The van der Waals surface area contributed by atoms with Gasteiger partial charge in [0.05, 0.1) is 0 Å². The lowest BCUT2D eigenvalue weighted by Gasteiger charge is -2.12. The fourth-order valence-corrected chi connectivity index (χ4v) is 2.67. The Morgan fingerprint density at radius 2 is 1.92 bits per heavy atom. The Morgan fingerprint density at radius 1 is 1.08 bits per heavy atom. The molecule has 5 heteroatoms. The van der Waals surface area contributed by atoms with Gasteiger partial charge in [-0.3, -0.25) is 9.59 Å². The summed E-state index contributed by atoms with van der Waals surface area (Å²) in [6, 6.07) is 14.8. The third kappa shape index (κ3) is 2.99. The molecule has 3 aromatic rings. The zero-order valence-electron chi connectivity index (χ0n) is 13.2. The van der Waals surface area contributed by atoms with E-state index in [1.54, 1.807) is 36.4 Å². The van der Waals surface area contributed by atoms with Crippen LogP contribution >= 0.6 is 0 Å². The Balaban J connectivity index is 1.59. The fourth-order valence-electron chi connectivity index (χ4n) is 2.67. The van der Waals surface area contributed by atoms with Gasteiger partial charge in [0.25, 0.3) is 0 Å². The van der Waals surface area contributed by atoms with Crippen molar-refractivity contribution in [2.45, 2.75) is 0 Å². The molecule has 1 atom stereocenters. The van der Waals surface area contributed by atoms with E-state index in [0.717, 1.165) is 5.56 Å². The van der Waals surface area contributed by atoms with Gasteiger partial charge in [0.15, 0.2) is 11.4 Å². The van der Waals surface area contributed by atoms with Crippen LogP contribution in [-0.4, -0.2) is 16.7 Å². The molecule has 1 amide bonds. The first-order valence-electron chi connectivity index (χ1n) is 7.86. The highest BCUT2D eigenvalue weighted by Crippen LogP contribution is 2.26. The van der Waals surface area contributed by atoms with Crippen molar-refractivity contribution in [1.82, 2.24) is 4.98 Å². The van der Waals surface area contributed by atoms with E-state index in [4.69, 9.17) is 4.42 Å². The van der Waals surface area contributed by atoms with Crippen LogP contribution in [0.5, 0.6) is 0 Å². The first-order chi connectivity index (χ1) is 12.2. The number of allylic oxidation sites excluding steroid dienone is 3. The topological polar surface area (TPSA) is 72.2 Å². The largest absolute Gasteiger partial charge is 0.436 e. The van der Waals surface area contributed by atoms with E-state index in [9.17, 15) is 9.59 Å². The Hall–Kier alpha value is -3.47. The number of rotatable bonds is 3. The Bertz CT molecular complexity index is 1020. The van der Waals surface area contributed by atoms with Gasteiger partial charge in [-0.25, -0.2) is 4.98 Å². The van der Waals surface area contributed by atoms with Gasteiger partial charge in [-0.15, -0.1) is 0 Å². The number of amides is 1. The molecule has 122 valence electrons. The number of benzene rings is 2. The van der Waals surface area contributed by atoms with Crippen molar-refractivity contribution < 1.29 is 14.0 Å². The molecule has 4 rings (SSSR count). The number of oxazole rings is 1. The number of carbonyl (C=O) groups is 2. The predicted octanol–water partition coefficient (Wildman–Crippen LogP) is 3.74. The van der Waals surface area contributed by atoms with Crippen molar-refractivity contribution in [3.8, 4) is 11.5 Å². The molecule has 0 saturated heterocycles. The number of fused-ring (bicyclic) bond motifs is 1. The molecule has 1 aromatic heterocycles. The summed E-state index contributed by atoms with van der Waals surface area (Å²) in [5.41, 5.74) is 2.73. The fraction of sp³-hybridized carbons (Fsp3) is 0.0500. The number of nitrogens with zero attached hydrogens (tertiary/aromatic N) is 1. The van der Waals surface area contributed by atoms with Gasteiger partial charge in [-0.2, -0.15) is 0 Å². The summed E-state index contributed by atoms with van der Waals surface area (Å²) >= 11 is 0. The molecule has 1 aliphatic rings. The minimum absolute atomic E-state index is 0.228. The van der Waals surface area contributed by atoms with Crippen LogP contribution in [0, 0.1) is 5.92 Å². The first kappa shape index (κ1) is 15.1. The average Bonchev–Trinajstić information content (AvgIpc) is 3.06. The number of aromatic nitrogens is 1. The van der Waals surface area contributed by atoms with Crippen LogP contribution in [-0.2, 0) is 9.59 Å². The van der Waals surface area contributed by atoms with Gasteiger partial charge < -0.3 is 9.73 Å². The summed E-state index contributed by atoms with van der Waals surface area (Å²) < 4.78 is 5.75. The molecule has 5 nitrogen and oxygen atoms in total. The van der Waals surface area contributed by atoms with Crippen LogP contribution in [0.15, 0.2) is 77.3 Å². The third-order valence-electron chi connectivity index (χ3n) is 3.94. The summed E-state index contributed by atoms with van der Waals surface area (Å²) in [7, 11) is 0. The zero-order chi connectivity index (χ0) is 17.2. The SMILES string of the molecule is O=C1C=CC=CC1C(=O)Nc1ccc2oc(-c3ccccc3)nc2c1. The van der Waals surface area contributed by atoms with Crippen molar-refractivity contribution in [2.24, 2.45) is 5.92 Å². The lowest BCUT2D eigenvalue weighted by molar-refractivity contribution is -0.126. The van der Waals surface area contributed by atoms with E-state index < -0.39 is 5.92 Å². The van der Waals surface area contributed by atoms with E-state index in [2.05, 4.69) is 10.3 Å². The summed E-state index contributed by atoms with van der Waals surface area (Å²) in [5, 5.41) is 2.76. The van der Waals surface area contributed by atoms with Crippen molar-refractivity contribution in [2.75, 3.05) is 5.32 Å². The quantitative estimate of drug-likeness (QED) is 0.743. The molecule has 1 unspecified atom stereocenters. The normalized spacial score (nSPS) is 16.3. The number of carbonyl (C=O) groups excluding carboxylic acids is 2. The molecule has 0 fully saturated rings. The highest BCUT2D eigenvalue weighted by atomic mass is 16.3. The lowest BCUT2D eigenvalue weighted by Crippen LogP contribution is -2.28. The van der Waals surface area contributed by atoms with Crippen LogP contribution in [0.1, 0.15) is 0 Å². The molecule has 0 radical (unpaired) electrons. The molecular weight excluding hydrogens is 316 g/mol. The first-order valence-corrected chi connectivity index (χ1v) is 7.86. The molecule has 2 aromatic carbocycles. The van der Waals surface area contributed by atoms with E-state index in [0.29, 0.717) is 22.7 Å². The highest BCUT2D eigenvalue weighted by molar-refractivity contribution is 6.13. The molecule has 0 aliphatic heterocycles. The highest BCUT2D eigenvalue weighted by Gasteiger charge is 2.23. The molecule has 0 spiro atoms. The number of hydrogen-bond donors (Lipinski definition) is 1. The molecule has 25 heavy (non-hydrogen) atoms. The second-order valence-electron chi connectivity index (χ2n) is 5.68. The van der Waals surface area contributed by atoms with Gasteiger partial charge in [-0.1, -0.05) is 36.4 Å². The van der Waals surface area contributed by atoms with E-state index in [1.807, 2.05) is 30.3 Å². The number of ketones is 1. The van der Waals surface area contributed by atoms with E-state index in [1.165, 1.54) is 6.08 Å². The van der Waals surface area contributed by atoms with Crippen molar-refractivity contribution in [3.63, 3.8) is 0 Å². The second-order valence-corrected chi connectivity index (χ2v) is 5.68. The third-order valence-corrected chi connectivity index (χ3v) is 3.94. The smallest absolute Gasteiger partial charge is 0.239 e. The van der Waals surface area contributed by atoms with Crippen molar-refractivity contribution >= 4 is 28.5 Å². The van der Waals surface area contributed by atoms with Gasteiger partial charge in [0.2, 0.25) is 11.8 Å². The van der Waals surface area contributed by atoms with Gasteiger partial charge in [0.1, 0.15) is 11.4 Å². The Kier molecular flexibility index (Phi) is 3.74.